The molecule has 2 heterocycles. The van der Waals surface area contributed by atoms with Crippen LogP contribution in [-0.2, 0) is 37.4 Å². The van der Waals surface area contributed by atoms with Gasteiger partial charge >= 0.3 is 6.03 Å². The zero-order chi connectivity index (χ0) is 22.2. The smallest absolute Gasteiger partial charge is 0.315 e. The third-order valence-electron chi connectivity index (χ3n) is 5.67. The molecule has 0 aliphatic carbocycles. The SMILES string of the molecule is CCOCc1ccc(CNC(=O)NCc2ccc(N3CCc4ccccc4C3)nc2)cc1. The first kappa shape index (κ1) is 21.8. The molecule has 6 nitrogen and oxygen atoms in total. The first-order valence-corrected chi connectivity index (χ1v) is 11.1. The Morgan fingerprint density at radius 3 is 2.34 bits per heavy atom. The molecule has 2 N–H and O–H groups in total. The van der Waals surface area contributed by atoms with Gasteiger partial charge in [0.2, 0.25) is 0 Å². The summed E-state index contributed by atoms with van der Waals surface area (Å²) in [5, 5.41) is 5.79. The van der Waals surface area contributed by atoms with Gasteiger partial charge in [-0.3, -0.25) is 0 Å². The Balaban J connectivity index is 1.22. The van der Waals surface area contributed by atoms with E-state index in [2.05, 4.69) is 44.8 Å². The van der Waals surface area contributed by atoms with Crippen molar-refractivity contribution in [3.05, 3.63) is 94.7 Å². The highest BCUT2D eigenvalue weighted by Crippen LogP contribution is 2.22. The average molecular weight is 431 g/mol. The van der Waals surface area contributed by atoms with E-state index in [0.29, 0.717) is 26.3 Å². The van der Waals surface area contributed by atoms with Crippen LogP contribution in [0, 0.1) is 0 Å². The maximum Gasteiger partial charge on any atom is 0.315 e. The van der Waals surface area contributed by atoms with Crippen LogP contribution in [0.3, 0.4) is 0 Å². The number of urea groups is 1. The van der Waals surface area contributed by atoms with Crippen molar-refractivity contribution in [3.63, 3.8) is 0 Å². The van der Waals surface area contributed by atoms with Crippen molar-refractivity contribution in [2.75, 3.05) is 18.1 Å². The summed E-state index contributed by atoms with van der Waals surface area (Å²) in [5.74, 6) is 0.973. The van der Waals surface area contributed by atoms with E-state index in [1.165, 1.54) is 11.1 Å². The molecule has 0 fully saturated rings. The Morgan fingerprint density at radius 2 is 1.62 bits per heavy atom. The minimum absolute atomic E-state index is 0.194. The van der Waals surface area contributed by atoms with Gasteiger partial charge in [0, 0.05) is 39.0 Å². The minimum atomic E-state index is -0.194. The Morgan fingerprint density at radius 1 is 0.938 bits per heavy atom. The summed E-state index contributed by atoms with van der Waals surface area (Å²) in [5.41, 5.74) is 5.95. The fourth-order valence-corrected chi connectivity index (χ4v) is 3.80. The van der Waals surface area contributed by atoms with Crippen LogP contribution in [0.2, 0.25) is 0 Å². The van der Waals surface area contributed by atoms with E-state index in [9.17, 15) is 4.79 Å². The Kier molecular flexibility index (Phi) is 7.35. The number of benzene rings is 2. The monoisotopic (exact) mass is 430 g/mol. The molecule has 0 atom stereocenters. The third kappa shape index (κ3) is 5.86. The van der Waals surface area contributed by atoms with Gasteiger partial charge in [-0.05, 0) is 47.2 Å². The highest BCUT2D eigenvalue weighted by molar-refractivity contribution is 5.73. The second kappa shape index (κ2) is 10.8. The lowest BCUT2D eigenvalue weighted by molar-refractivity contribution is 0.134. The number of carbonyl (C=O) groups excluding carboxylic acids is 1. The molecule has 32 heavy (non-hydrogen) atoms. The van der Waals surface area contributed by atoms with Gasteiger partial charge in [0.05, 0.1) is 6.61 Å². The van der Waals surface area contributed by atoms with Crippen LogP contribution >= 0.6 is 0 Å². The Hall–Kier alpha value is -3.38. The number of rotatable bonds is 8. The van der Waals surface area contributed by atoms with Gasteiger partial charge in [0.25, 0.3) is 0 Å². The summed E-state index contributed by atoms with van der Waals surface area (Å²) in [7, 11) is 0. The van der Waals surface area contributed by atoms with Gasteiger partial charge in [-0.15, -0.1) is 0 Å². The normalized spacial score (nSPS) is 12.8. The maximum atomic E-state index is 12.2. The van der Waals surface area contributed by atoms with E-state index in [4.69, 9.17) is 4.74 Å². The van der Waals surface area contributed by atoms with Crippen LogP contribution in [0.4, 0.5) is 10.6 Å². The van der Waals surface area contributed by atoms with Crippen molar-refractivity contribution in [1.82, 2.24) is 15.6 Å². The number of ether oxygens (including phenoxy) is 1. The van der Waals surface area contributed by atoms with Crippen molar-refractivity contribution in [2.45, 2.75) is 39.6 Å². The number of amides is 2. The molecule has 1 aromatic heterocycles. The lowest BCUT2D eigenvalue weighted by Crippen LogP contribution is -2.34. The molecule has 0 spiro atoms. The van der Waals surface area contributed by atoms with E-state index in [1.807, 2.05) is 49.5 Å². The third-order valence-corrected chi connectivity index (χ3v) is 5.67. The fraction of sp³-hybridized carbons (Fsp3) is 0.308. The molecule has 166 valence electrons. The molecular weight excluding hydrogens is 400 g/mol. The van der Waals surface area contributed by atoms with E-state index < -0.39 is 0 Å². The van der Waals surface area contributed by atoms with E-state index in [1.54, 1.807) is 0 Å². The van der Waals surface area contributed by atoms with Gasteiger partial charge < -0.3 is 20.3 Å². The molecule has 0 bridgehead atoms. The molecule has 2 amide bonds. The molecular formula is C26H30N4O2. The van der Waals surface area contributed by atoms with Crippen molar-refractivity contribution >= 4 is 11.8 Å². The molecule has 2 aromatic carbocycles. The van der Waals surface area contributed by atoms with Crippen LogP contribution in [0.1, 0.15) is 34.7 Å². The van der Waals surface area contributed by atoms with E-state index >= 15 is 0 Å². The number of fused-ring (bicyclic) bond motifs is 1. The number of hydrogen-bond donors (Lipinski definition) is 2. The van der Waals surface area contributed by atoms with Crippen LogP contribution in [-0.4, -0.2) is 24.2 Å². The number of hydrogen-bond acceptors (Lipinski definition) is 4. The Labute approximate surface area is 189 Å². The second-order valence-corrected chi connectivity index (χ2v) is 7.95. The molecule has 6 heteroatoms. The highest BCUT2D eigenvalue weighted by atomic mass is 16.5. The summed E-state index contributed by atoms with van der Waals surface area (Å²) in [4.78, 5) is 19.1. The van der Waals surface area contributed by atoms with E-state index in [0.717, 1.165) is 42.0 Å². The molecule has 4 rings (SSSR count). The summed E-state index contributed by atoms with van der Waals surface area (Å²) >= 11 is 0. The lowest BCUT2D eigenvalue weighted by Gasteiger charge is -2.29. The number of nitrogens with one attached hydrogen (secondary N) is 2. The number of pyridine rings is 1. The topological polar surface area (TPSA) is 66.5 Å². The van der Waals surface area contributed by atoms with Gasteiger partial charge in [-0.25, -0.2) is 9.78 Å². The van der Waals surface area contributed by atoms with Crippen LogP contribution < -0.4 is 15.5 Å². The summed E-state index contributed by atoms with van der Waals surface area (Å²) < 4.78 is 5.40. The molecule has 0 saturated carbocycles. The van der Waals surface area contributed by atoms with Crippen molar-refractivity contribution in [1.29, 1.82) is 0 Å². The van der Waals surface area contributed by atoms with Gasteiger partial charge in [0.15, 0.2) is 0 Å². The summed E-state index contributed by atoms with van der Waals surface area (Å²) in [6.07, 6.45) is 2.88. The molecule has 0 unspecified atom stereocenters. The van der Waals surface area contributed by atoms with E-state index in [-0.39, 0.29) is 6.03 Å². The standard InChI is InChI=1S/C26H30N4O2/c1-2-32-19-21-9-7-20(8-10-21)15-28-26(31)29-17-22-11-12-25(27-16-22)30-14-13-23-5-3-4-6-24(23)18-30/h3-12,16H,2,13-15,17-19H2,1H3,(H2,28,29,31). The number of carbonyl (C=O) groups is 1. The number of nitrogens with zero attached hydrogens (tertiary/aromatic N) is 2. The van der Waals surface area contributed by atoms with Crippen LogP contribution in [0.15, 0.2) is 66.9 Å². The van der Waals surface area contributed by atoms with Gasteiger partial charge in [0.1, 0.15) is 5.82 Å². The highest BCUT2D eigenvalue weighted by Gasteiger charge is 2.16. The predicted octanol–water partition coefficient (Wildman–Crippen LogP) is 4.18. The maximum absolute atomic E-state index is 12.2. The predicted molar refractivity (Wildman–Crippen MR) is 126 cm³/mol. The largest absolute Gasteiger partial charge is 0.377 e. The average Bonchev–Trinajstić information content (AvgIpc) is 2.85. The fourth-order valence-electron chi connectivity index (χ4n) is 3.80. The van der Waals surface area contributed by atoms with Crippen LogP contribution in [0.5, 0.6) is 0 Å². The Bertz CT molecular complexity index is 1020. The van der Waals surface area contributed by atoms with Gasteiger partial charge in [-0.2, -0.15) is 0 Å². The lowest BCUT2D eigenvalue weighted by atomic mass is 10.00. The van der Waals surface area contributed by atoms with Crippen molar-refractivity contribution in [2.24, 2.45) is 0 Å². The van der Waals surface area contributed by atoms with Crippen molar-refractivity contribution < 1.29 is 9.53 Å². The van der Waals surface area contributed by atoms with Crippen molar-refractivity contribution in [3.8, 4) is 0 Å². The molecule has 1 aliphatic heterocycles. The second-order valence-electron chi connectivity index (χ2n) is 7.95. The zero-order valence-corrected chi connectivity index (χ0v) is 18.5. The number of anilines is 1. The summed E-state index contributed by atoms with van der Waals surface area (Å²) in [6.45, 7) is 6.07. The van der Waals surface area contributed by atoms with Crippen LogP contribution in [0.25, 0.3) is 0 Å². The quantitative estimate of drug-likeness (QED) is 0.563. The van der Waals surface area contributed by atoms with Gasteiger partial charge in [-0.1, -0.05) is 54.6 Å². The molecule has 0 radical (unpaired) electrons. The molecule has 0 saturated heterocycles. The zero-order valence-electron chi connectivity index (χ0n) is 18.5. The number of aromatic nitrogens is 1. The summed E-state index contributed by atoms with van der Waals surface area (Å²) in [6, 6.07) is 20.5. The minimum Gasteiger partial charge on any atom is -0.377 e. The molecule has 1 aliphatic rings. The first-order valence-electron chi connectivity index (χ1n) is 11.1. The molecule has 3 aromatic rings. The first-order chi connectivity index (χ1) is 15.7.